The second kappa shape index (κ2) is 11.2. The fourth-order valence-electron chi connectivity index (χ4n) is 2.42. The van der Waals surface area contributed by atoms with Crippen molar-refractivity contribution >= 4 is 23.7 Å². The second-order valence-corrected chi connectivity index (χ2v) is 6.77. The highest BCUT2D eigenvalue weighted by Gasteiger charge is 2.12. The van der Waals surface area contributed by atoms with Crippen LogP contribution >= 0.6 is 11.8 Å². The van der Waals surface area contributed by atoms with Gasteiger partial charge in [-0.1, -0.05) is 18.2 Å². The molecular weight excluding hydrogens is 362 g/mol. The number of carbonyl (C=O) groups excluding carboxylic acids is 1. The van der Waals surface area contributed by atoms with E-state index in [1.807, 2.05) is 18.2 Å². The maximum atomic E-state index is 12.0. The summed E-state index contributed by atoms with van der Waals surface area (Å²) in [5.41, 5.74) is 0.791. The third-order valence-electron chi connectivity index (χ3n) is 3.75. The molecule has 0 unspecified atom stereocenters. The molecule has 0 aromatic heterocycles. The van der Waals surface area contributed by atoms with Crippen molar-refractivity contribution in [2.45, 2.75) is 11.3 Å². The van der Waals surface area contributed by atoms with Crippen LogP contribution < -0.4 is 19.5 Å². The van der Waals surface area contributed by atoms with Gasteiger partial charge in [-0.3, -0.25) is 4.79 Å². The van der Waals surface area contributed by atoms with Crippen molar-refractivity contribution < 1.29 is 19.0 Å². The van der Waals surface area contributed by atoms with Gasteiger partial charge in [0, 0.05) is 17.5 Å². The molecular formula is C21H25NO4S. The Bertz CT molecular complexity index is 737. The zero-order valence-corrected chi connectivity index (χ0v) is 16.7. The zero-order valence-electron chi connectivity index (χ0n) is 15.9. The second-order valence-electron chi connectivity index (χ2n) is 5.60. The predicted molar refractivity (Wildman–Crippen MR) is 110 cm³/mol. The SMILES string of the molecule is COc1cc(/C=C/C(=O)NCCCSc2ccccc2)cc(OC)c1OC. The van der Waals surface area contributed by atoms with E-state index in [9.17, 15) is 4.79 Å². The number of hydrogen-bond acceptors (Lipinski definition) is 5. The minimum absolute atomic E-state index is 0.131. The Balaban J connectivity index is 1.82. The number of thioether (sulfide) groups is 1. The number of rotatable bonds is 10. The maximum absolute atomic E-state index is 12.0. The molecule has 1 amide bonds. The van der Waals surface area contributed by atoms with Gasteiger partial charge in [0.25, 0.3) is 0 Å². The average Bonchev–Trinajstić information content (AvgIpc) is 2.71. The molecule has 2 rings (SSSR count). The van der Waals surface area contributed by atoms with Crippen molar-refractivity contribution in [3.63, 3.8) is 0 Å². The van der Waals surface area contributed by atoms with E-state index in [-0.39, 0.29) is 5.91 Å². The minimum atomic E-state index is -0.131. The molecule has 0 saturated heterocycles. The van der Waals surface area contributed by atoms with Crippen molar-refractivity contribution in [2.75, 3.05) is 33.6 Å². The standard InChI is InChI=1S/C21H25NO4S/c1-24-18-14-16(15-19(25-2)21(18)26-3)10-11-20(23)22-12-7-13-27-17-8-5-4-6-9-17/h4-6,8-11,14-15H,7,12-13H2,1-3H3,(H,22,23)/b11-10+. The minimum Gasteiger partial charge on any atom is -0.493 e. The number of amides is 1. The van der Waals surface area contributed by atoms with Crippen LogP contribution in [0.5, 0.6) is 17.2 Å². The molecule has 0 aliphatic carbocycles. The first-order chi connectivity index (χ1) is 13.2. The topological polar surface area (TPSA) is 56.8 Å². The molecule has 27 heavy (non-hydrogen) atoms. The van der Waals surface area contributed by atoms with E-state index in [2.05, 4.69) is 17.4 Å². The first-order valence-corrected chi connectivity index (χ1v) is 9.60. The van der Waals surface area contributed by atoms with Crippen LogP contribution in [0.1, 0.15) is 12.0 Å². The van der Waals surface area contributed by atoms with Crippen LogP contribution in [0.4, 0.5) is 0 Å². The monoisotopic (exact) mass is 387 g/mol. The molecule has 0 atom stereocenters. The number of nitrogens with one attached hydrogen (secondary N) is 1. The third-order valence-corrected chi connectivity index (χ3v) is 4.84. The summed E-state index contributed by atoms with van der Waals surface area (Å²) in [6.45, 7) is 0.637. The summed E-state index contributed by atoms with van der Waals surface area (Å²) in [5.74, 6) is 2.46. The number of ether oxygens (including phenoxy) is 3. The Kier molecular flexibility index (Phi) is 8.58. The van der Waals surface area contributed by atoms with E-state index in [0.717, 1.165) is 17.7 Å². The first-order valence-electron chi connectivity index (χ1n) is 8.61. The Morgan fingerprint density at radius 3 is 2.30 bits per heavy atom. The molecule has 2 aromatic rings. The number of methoxy groups -OCH3 is 3. The van der Waals surface area contributed by atoms with Gasteiger partial charge in [0.05, 0.1) is 21.3 Å². The molecule has 6 heteroatoms. The van der Waals surface area contributed by atoms with Gasteiger partial charge in [-0.15, -0.1) is 11.8 Å². The van der Waals surface area contributed by atoms with Crippen LogP contribution in [0.25, 0.3) is 6.08 Å². The normalized spacial score (nSPS) is 10.6. The van der Waals surface area contributed by atoms with Crippen LogP contribution in [0.3, 0.4) is 0 Å². The molecule has 0 fully saturated rings. The quantitative estimate of drug-likeness (QED) is 0.379. The van der Waals surface area contributed by atoms with E-state index in [0.29, 0.717) is 23.8 Å². The fraction of sp³-hybridized carbons (Fsp3) is 0.286. The molecule has 0 heterocycles. The largest absolute Gasteiger partial charge is 0.493 e. The van der Waals surface area contributed by atoms with Crippen molar-refractivity contribution in [2.24, 2.45) is 0 Å². The summed E-state index contributed by atoms with van der Waals surface area (Å²) >= 11 is 1.78. The highest BCUT2D eigenvalue weighted by atomic mass is 32.2. The lowest BCUT2D eigenvalue weighted by Gasteiger charge is -2.12. The van der Waals surface area contributed by atoms with Crippen molar-refractivity contribution in [3.8, 4) is 17.2 Å². The van der Waals surface area contributed by atoms with Gasteiger partial charge in [-0.05, 0) is 48.1 Å². The van der Waals surface area contributed by atoms with Gasteiger partial charge < -0.3 is 19.5 Å². The fourth-order valence-corrected chi connectivity index (χ4v) is 3.29. The van der Waals surface area contributed by atoms with E-state index < -0.39 is 0 Å². The number of hydrogen-bond donors (Lipinski definition) is 1. The lowest BCUT2D eigenvalue weighted by Crippen LogP contribution is -2.22. The summed E-state index contributed by atoms with van der Waals surface area (Å²) in [7, 11) is 4.68. The molecule has 0 bridgehead atoms. The molecule has 0 aliphatic rings. The smallest absolute Gasteiger partial charge is 0.243 e. The van der Waals surface area contributed by atoms with Crippen LogP contribution in [-0.2, 0) is 4.79 Å². The summed E-state index contributed by atoms with van der Waals surface area (Å²) in [4.78, 5) is 13.2. The molecule has 144 valence electrons. The highest BCUT2D eigenvalue weighted by molar-refractivity contribution is 7.99. The summed E-state index contributed by atoms with van der Waals surface area (Å²) < 4.78 is 15.9. The number of benzene rings is 2. The van der Waals surface area contributed by atoms with E-state index >= 15 is 0 Å². The van der Waals surface area contributed by atoms with Crippen molar-refractivity contribution in [3.05, 3.63) is 54.1 Å². The summed E-state index contributed by atoms with van der Waals surface area (Å²) in [6, 6.07) is 13.8. The molecule has 0 radical (unpaired) electrons. The highest BCUT2D eigenvalue weighted by Crippen LogP contribution is 2.38. The molecule has 5 nitrogen and oxygen atoms in total. The van der Waals surface area contributed by atoms with Crippen LogP contribution in [-0.4, -0.2) is 39.5 Å². The van der Waals surface area contributed by atoms with Gasteiger partial charge in [0.2, 0.25) is 11.7 Å². The van der Waals surface area contributed by atoms with Crippen LogP contribution in [0, 0.1) is 0 Å². The number of carbonyl (C=O) groups is 1. The van der Waals surface area contributed by atoms with Crippen LogP contribution in [0.15, 0.2) is 53.4 Å². The lowest BCUT2D eigenvalue weighted by molar-refractivity contribution is -0.116. The zero-order chi connectivity index (χ0) is 19.5. The molecule has 0 aliphatic heterocycles. The van der Waals surface area contributed by atoms with E-state index in [1.165, 1.54) is 11.0 Å². The average molecular weight is 388 g/mol. The Morgan fingerprint density at radius 2 is 1.70 bits per heavy atom. The Morgan fingerprint density at radius 1 is 1.04 bits per heavy atom. The Hall–Kier alpha value is -2.60. The van der Waals surface area contributed by atoms with Gasteiger partial charge in [-0.2, -0.15) is 0 Å². The van der Waals surface area contributed by atoms with Gasteiger partial charge in [0.15, 0.2) is 11.5 Å². The Labute approximate surface area is 164 Å². The van der Waals surface area contributed by atoms with Gasteiger partial charge in [-0.25, -0.2) is 0 Å². The first kappa shape index (κ1) is 20.7. The predicted octanol–water partition coefficient (Wildman–Crippen LogP) is 4.02. The maximum Gasteiger partial charge on any atom is 0.243 e. The molecule has 0 spiro atoms. The van der Waals surface area contributed by atoms with E-state index in [4.69, 9.17) is 14.2 Å². The van der Waals surface area contributed by atoms with Crippen LogP contribution in [0.2, 0.25) is 0 Å². The summed E-state index contributed by atoms with van der Waals surface area (Å²) in [5, 5.41) is 2.89. The molecule has 2 aromatic carbocycles. The van der Waals surface area contributed by atoms with E-state index in [1.54, 1.807) is 51.3 Å². The lowest BCUT2D eigenvalue weighted by atomic mass is 10.1. The summed E-state index contributed by atoms with van der Waals surface area (Å²) in [6.07, 6.45) is 4.13. The van der Waals surface area contributed by atoms with Crippen molar-refractivity contribution in [1.82, 2.24) is 5.32 Å². The third kappa shape index (κ3) is 6.57. The van der Waals surface area contributed by atoms with Gasteiger partial charge >= 0.3 is 0 Å². The van der Waals surface area contributed by atoms with Gasteiger partial charge in [0.1, 0.15) is 0 Å². The van der Waals surface area contributed by atoms with Crippen molar-refractivity contribution in [1.29, 1.82) is 0 Å². The molecule has 0 saturated carbocycles. The molecule has 1 N–H and O–H groups in total.